The summed E-state index contributed by atoms with van der Waals surface area (Å²) in [6.07, 6.45) is 3.43. The lowest BCUT2D eigenvalue weighted by atomic mass is 9.95. The highest BCUT2D eigenvalue weighted by Crippen LogP contribution is 2.18. The molecule has 0 spiro atoms. The summed E-state index contributed by atoms with van der Waals surface area (Å²) in [5.74, 6) is 0. The SMILES string of the molecule is CCCNC(CCc1c(C)cc(C)cc1C)COC. The zero-order valence-electron chi connectivity index (χ0n) is 13.2. The molecule has 0 fully saturated rings. The number of nitrogens with one attached hydrogen (secondary N) is 1. The molecule has 0 aromatic heterocycles. The Morgan fingerprint density at radius 2 is 1.79 bits per heavy atom. The topological polar surface area (TPSA) is 21.3 Å². The second-order valence-electron chi connectivity index (χ2n) is 5.52. The molecule has 1 N–H and O–H groups in total. The molecule has 0 saturated carbocycles. The summed E-state index contributed by atoms with van der Waals surface area (Å²) in [5, 5.41) is 3.57. The number of ether oxygens (including phenoxy) is 1. The van der Waals surface area contributed by atoms with Gasteiger partial charge in [0.05, 0.1) is 6.61 Å². The van der Waals surface area contributed by atoms with E-state index < -0.39 is 0 Å². The Morgan fingerprint density at radius 3 is 2.32 bits per heavy atom. The molecule has 0 bridgehead atoms. The Kier molecular flexibility index (Phi) is 7.11. The Labute approximate surface area is 118 Å². The molecule has 0 aliphatic carbocycles. The highest BCUT2D eigenvalue weighted by molar-refractivity contribution is 5.37. The van der Waals surface area contributed by atoms with E-state index in [4.69, 9.17) is 4.74 Å². The normalized spacial score (nSPS) is 12.7. The zero-order chi connectivity index (χ0) is 14.3. The van der Waals surface area contributed by atoms with Crippen LogP contribution in [0.15, 0.2) is 12.1 Å². The van der Waals surface area contributed by atoms with E-state index in [0.29, 0.717) is 6.04 Å². The van der Waals surface area contributed by atoms with E-state index in [1.54, 1.807) is 7.11 Å². The van der Waals surface area contributed by atoms with Gasteiger partial charge in [-0.15, -0.1) is 0 Å². The average Bonchev–Trinajstić information content (AvgIpc) is 2.34. The van der Waals surface area contributed by atoms with Crippen molar-refractivity contribution in [2.24, 2.45) is 0 Å². The van der Waals surface area contributed by atoms with Crippen molar-refractivity contribution in [1.82, 2.24) is 5.32 Å². The van der Waals surface area contributed by atoms with E-state index in [2.05, 4.69) is 45.1 Å². The minimum absolute atomic E-state index is 0.463. The molecule has 0 saturated heterocycles. The van der Waals surface area contributed by atoms with Crippen molar-refractivity contribution in [3.63, 3.8) is 0 Å². The number of methoxy groups -OCH3 is 1. The smallest absolute Gasteiger partial charge is 0.0615 e. The van der Waals surface area contributed by atoms with Crippen LogP contribution in [0.2, 0.25) is 0 Å². The number of benzene rings is 1. The molecule has 0 aliphatic rings. The standard InChI is InChI=1S/C17H29NO/c1-6-9-18-16(12-19-5)7-8-17-14(3)10-13(2)11-15(17)4/h10-11,16,18H,6-9,12H2,1-5H3. The van der Waals surface area contributed by atoms with Crippen LogP contribution in [0.1, 0.15) is 42.0 Å². The minimum atomic E-state index is 0.463. The first kappa shape index (κ1) is 16.2. The highest BCUT2D eigenvalue weighted by atomic mass is 16.5. The van der Waals surface area contributed by atoms with Crippen LogP contribution in [0.25, 0.3) is 0 Å². The van der Waals surface area contributed by atoms with Gasteiger partial charge in [-0.3, -0.25) is 0 Å². The molecule has 1 atom stereocenters. The fraction of sp³-hybridized carbons (Fsp3) is 0.647. The highest BCUT2D eigenvalue weighted by Gasteiger charge is 2.10. The van der Waals surface area contributed by atoms with Gasteiger partial charge in [0.15, 0.2) is 0 Å². The largest absolute Gasteiger partial charge is 0.383 e. The molecule has 1 rings (SSSR count). The average molecular weight is 263 g/mol. The number of hydrogen-bond acceptors (Lipinski definition) is 2. The van der Waals surface area contributed by atoms with Crippen molar-refractivity contribution in [3.8, 4) is 0 Å². The van der Waals surface area contributed by atoms with Crippen molar-refractivity contribution in [2.75, 3.05) is 20.3 Å². The van der Waals surface area contributed by atoms with Gasteiger partial charge in [-0.25, -0.2) is 0 Å². The van der Waals surface area contributed by atoms with Gasteiger partial charge in [-0.2, -0.15) is 0 Å². The molecule has 19 heavy (non-hydrogen) atoms. The lowest BCUT2D eigenvalue weighted by Crippen LogP contribution is -2.34. The van der Waals surface area contributed by atoms with Gasteiger partial charge in [0.25, 0.3) is 0 Å². The lowest BCUT2D eigenvalue weighted by molar-refractivity contribution is 0.162. The van der Waals surface area contributed by atoms with Crippen molar-refractivity contribution in [1.29, 1.82) is 0 Å². The third-order valence-electron chi connectivity index (χ3n) is 3.63. The predicted molar refractivity (Wildman–Crippen MR) is 82.9 cm³/mol. The summed E-state index contributed by atoms with van der Waals surface area (Å²) in [5.41, 5.74) is 5.70. The molecule has 2 heteroatoms. The van der Waals surface area contributed by atoms with Crippen LogP contribution in [0, 0.1) is 20.8 Å². The van der Waals surface area contributed by atoms with Crippen LogP contribution in [-0.2, 0) is 11.2 Å². The lowest BCUT2D eigenvalue weighted by Gasteiger charge is -2.19. The molecule has 0 aliphatic heterocycles. The summed E-state index contributed by atoms with van der Waals surface area (Å²) in [6, 6.07) is 5.03. The van der Waals surface area contributed by atoms with Gasteiger partial charge in [-0.05, 0) is 63.3 Å². The van der Waals surface area contributed by atoms with Crippen molar-refractivity contribution in [3.05, 3.63) is 34.4 Å². The monoisotopic (exact) mass is 263 g/mol. The third-order valence-corrected chi connectivity index (χ3v) is 3.63. The van der Waals surface area contributed by atoms with Crippen LogP contribution in [-0.4, -0.2) is 26.3 Å². The number of aryl methyl sites for hydroxylation is 3. The summed E-state index contributed by atoms with van der Waals surface area (Å²) in [4.78, 5) is 0. The van der Waals surface area contributed by atoms with Crippen LogP contribution in [0.3, 0.4) is 0 Å². The van der Waals surface area contributed by atoms with E-state index in [1.807, 2.05) is 0 Å². The summed E-state index contributed by atoms with van der Waals surface area (Å²) < 4.78 is 5.31. The van der Waals surface area contributed by atoms with E-state index in [-0.39, 0.29) is 0 Å². The van der Waals surface area contributed by atoms with E-state index in [0.717, 1.165) is 26.0 Å². The van der Waals surface area contributed by atoms with Gasteiger partial charge in [0, 0.05) is 13.2 Å². The minimum Gasteiger partial charge on any atom is -0.383 e. The molecule has 0 heterocycles. The molecular formula is C17H29NO. The fourth-order valence-electron chi connectivity index (χ4n) is 2.72. The first-order valence-corrected chi connectivity index (χ1v) is 7.37. The molecule has 1 unspecified atom stereocenters. The molecular weight excluding hydrogens is 234 g/mol. The van der Waals surface area contributed by atoms with Gasteiger partial charge in [0.2, 0.25) is 0 Å². The number of hydrogen-bond donors (Lipinski definition) is 1. The molecule has 0 radical (unpaired) electrons. The van der Waals surface area contributed by atoms with E-state index in [1.165, 1.54) is 28.7 Å². The van der Waals surface area contributed by atoms with Crippen LogP contribution >= 0.6 is 0 Å². The molecule has 0 amide bonds. The van der Waals surface area contributed by atoms with E-state index >= 15 is 0 Å². The predicted octanol–water partition coefficient (Wildman–Crippen LogP) is 3.56. The molecule has 1 aromatic rings. The van der Waals surface area contributed by atoms with Gasteiger partial charge in [0.1, 0.15) is 0 Å². The maximum absolute atomic E-state index is 5.31. The number of rotatable bonds is 8. The Bertz CT molecular complexity index is 364. The zero-order valence-corrected chi connectivity index (χ0v) is 13.2. The van der Waals surface area contributed by atoms with Crippen LogP contribution in [0.5, 0.6) is 0 Å². The molecule has 2 nitrogen and oxygen atoms in total. The Hall–Kier alpha value is -0.860. The second-order valence-corrected chi connectivity index (χ2v) is 5.52. The first-order valence-electron chi connectivity index (χ1n) is 7.37. The fourth-order valence-corrected chi connectivity index (χ4v) is 2.72. The van der Waals surface area contributed by atoms with Crippen molar-refractivity contribution < 1.29 is 4.74 Å². The third kappa shape index (κ3) is 5.33. The summed E-state index contributed by atoms with van der Waals surface area (Å²) in [6.45, 7) is 10.7. The van der Waals surface area contributed by atoms with E-state index in [9.17, 15) is 0 Å². The van der Waals surface area contributed by atoms with Gasteiger partial charge >= 0.3 is 0 Å². The quantitative estimate of drug-likeness (QED) is 0.774. The Balaban J connectivity index is 2.63. The van der Waals surface area contributed by atoms with Crippen LogP contribution in [0.4, 0.5) is 0 Å². The maximum atomic E-state index is 5.31. The van der Waals surface area contributed by atoms with Gasteiger partial charge < -0.3 is 10.1 Å². The summed E-state index contributed by atoms with van der Waals surface area (Å²) >= 11 is 0. The van der Waals surface area contributed by atoms with Crippen molar-refractivity contribution in [2.45, 2.75) is 53.0 Å². The van der Waals surface area contributed by atoms with Gasteiger partial charge in [-0.1, -0.05) is 24.6 Å². The Morgan fingerprint density at radius 1 is 1.16 bits per heavy atom. The molecule has 108 valence electrons. The second kappa shape index (κ2) is 8.34. The maximum Gasteiger partial charge on any atom is 0.0615 e. The first-order chi connectivity index (χ1) is 9.08. The summed E-state index contributed by atoms with van der Waals surface area (Å²) in [7, 11) is 1.78. The van der Waals surface area contributed by atoms with Crippen LogP contribution < -0.4 is 5.32 Å². The molecule has 1 aromatic carbocycles. The van der Waals surface area contributed by atoms with Crippen molar-refractivity contribution >= 4 is 0 Å².